The fourth-order valence-electron chi connectivity index (χ4n) is 2.67. The first kappa shape index (κ1) is 18.0. The number of amides is 3. The first-order valence-electron chi connectivity index (χ1n) is 8.15. The maximum absolute atomic E-state index is 11.9. The van der Waals surface area contributed by atoms with Gasteiger partial charge in [0.2, 0.25) is 5.91 Å². The van der Waals surface area contributed by atoms with Crippen LogP contribution in [0.4, 0.5) is 10.5 Å². The van der Waals surface area contributed by atoms with E-state index in [-0.39, 0.29) is 24.4 Å². The number of hydrogen-bond donors (Lipinski definition) is 3. The Hall–Kier alpha value is -1.31. The lowest BCUT2D eigenvalue weighted by Crippen LogP contribution is -2.43. The highest BCUT2D eigenvalue weighted by Gasteiger charge is 2.15. The van der Waals surface area contributed by atoms with Crippen LogP contribution in [0.3, 0.4) is 0 Å². The van der Waals surface area contributed by atoms with Crippen molar-refractivity contribution in [1.29, 1.82) is 0 Å². The molecule has 0 unspecified atom stereocenters. The average Bonchev–Trinajstić information content (AvgIpc) is 2.52. The molecule has 0 atom stereocenters. The fraction of sp³-hybridized carbons (Fsp3) is 0.529. The smallest absolute Gasteiger partial charge is 0.315 e. The third kappa shape index (κ3) is 6.37. The summed E-state index contributed by atoms with van der Waals surface area (Å²) in [6.45, 7) is 2.37. The highest BCUT2D eigenvalue weighted by atomic mass is 127. The number of urea groups is 1. The van der Waals surface area contributed by atoms with Crippen LogP contribution in [0.1, 0.15) is 44.1 Å². The molecule has 0 radical (unpaired) electrons. The number of carbonyl (C=O) groups is 2. The van der Waals surface area contributed by atoms with Crippen LogP contribution in [0.2, 0.25) is 0 Å². The van der Waals surface area contributed by atoms with Gasteiger partial charge in [0.25, 0.3) is 0 Å². The maximum atomic E-state index is 11.9. The van der Waals surface area contributed by atoms with Crippen LogP contribution in [-0.4, -0.2) is 24.5 Å². The molecule has 0 aromatic heterocycles. The van der Waals surface area contributed by atoms with Gasteiger partial charge in [-0.05, 0) is 60.1 Å². The van der Waals surface area contributed by atoms with Crippen LogP contribution in [-0.2, 0) is 4.79 Å². The molecule has 1 aromatic rings. The van der Waals surface area contributed by atoms with Gasteiger partial charge in [0.1, 0.15) is 0 Å². The molecule has 0 heterocycles. The SMILES string of the molecule is Cc1ccc(NC(=O)CCNC(=O)NC2CCCCC2)cc1I. The molecule has 3 amide bonds. The number of rotatable bonds is 5. The summed E-state index contributed by atoms with van der Waals surface area (Å²) in [5.74, 6) is -0.0948. The third-order valence-corrected chi connectivity index (χ3v) is 5.20. The molecule has 23 heavy (non-hydrogen) atoms. The van der Waals surface area contributed by atoms with Gasteiger partial charge in [-0.3, -0.25) is 4.79 Å². The summed E-state index contributed by atoms with van der Waals surface area (Å²) in [6.07, 6.45) is 6.01. The van der Waals surface area contributed by atoms with Gasteiger partial charge in [-0.1, -0.05) is 25.3 Å². The van der Waals surface area contributed by atoms with E-state index in [1.807, 2.05) is 25.1 Å². The molecular formula is C17H24IN3O2. The third-order valence-electron chi connectivity index (χ3n) is 4.03. The Bertz CT molecular complexity index is 557. The van der Waals surface area contributed by atoms with Crippen molar-refractivity contribution in [2.45, 2.75) is 51.5 Å². The molecule has 1 aliphatic rings. The summed E-state index contributed by atoms with van der Waals surface area (Å²) in [6, 6.07) is 5.92. The molecule has 1 fully saturated rings. The monoisotopic (exact) mass is 429 g/mol. The highest BCUT2D eigenvalue weighted by Crippen LogP contribution is 2.18. The van der Waals surface area contributed by atoms with E-state index in [9.17, 15) is 9.59 Å². The van der Waals surface area contributed by atoms with E-state index in [0.29, 0.717) is 6.54 Å². The second-order valence-electron chi connectivity index (χ2n) is 6.00. The summed E-state index contributed by atoms with van der Waals surface area (Å²) in [7, 11) is 0. The van der Waals surface area contributed by atoms with Crippen LogP contribution < -0.4 is 16.0 Å². The molecular weight excluding hydrogens is 405 g/mol. The van der Waals surface area contributed by atoms with Crippen molar-refractivity contribution in [2.24, 2.45) is 0 Å². The Labute approximate surface area is 151 Å². The molecule has 1 aliphatic carbocycles. The van der Waals surface area contributed by atoms with Crippen LogP contribution in [0, 0.1) is 10.5 Å². The van der Waals surface area contributed by atoms with Gasteiger partial charge in [0.15, 0.2) is 0 Å². The number of benzene rings is 1. The molecule has 0 spiro atoms. The maximum Gasteiger partial charge on any atom is 0.315 e. The standard InChI is InChI=1S/C17H24IN3O2/c1-12-7-8-14(11-15(12)18)20-16(22)9-10-19-17(23)21-13-5-3-2-4-6-13/h7-8,11,13H,2-6,9-10H2,1H3,(H,20,22)(H2,19,21,23). The van der Waals surface area contributed by atoms with E-state index in [0.717, 1.165) is 22.1 Å². The van der Waals surface area contributed by atoms with Crippen molar-refractivity contribution < 1.29 is 9.59 Å². The van der Waals surface area contributed by atoms with E-state index >= 15 is 0 Å². The molecule has 1 aromatic carbocycles. The minimum atomic E-state index is -0.172. The van der Waals surface area contributed by atoms with E-state index in [4.69, 9.17) is 0 Å². The van der Waals surface area contributed by atoms with Crippen molar-refractivity contribution in [3.8, 4) is 0 Å². The Kier molecular flexibility index (Phi) is 7.14. The van der Waals surface area contributed by atoms with Gasteiger partial charge in [-0.2, -0.15) is 0 Å². The van der Waals surface area contributed by atoms with Gasteiger partial charge >= 0.3 is 6.03 Å². The van der Waals surface area contributed by atoms with Crippen molar-refractivity contribution in [2.75, 3.05) is 11.9 Å². The van der Waals surface area contributed by atoms with E-state index in [2.05, 4.69) is 38.5 Å². The Balaban J connectivity index is 1.65. The molecule has 126 valence electrons. The number of aryl methyl sites for hydroxylation is 1. The average molecular weight is 429 g/mol. The largest absolute Gasteiger partial charge is 0.338 e. The Morgan fingerprint density at radius 1 is 1.22 bits per heavy atom. The number of nitrogens with one attached hydrogen (secondary N) is 3. The molecule has 5 nitrogen and oxygen atoms in total. The topological polar surface area (TPSA) is 70.2 Å². The van der Waals surface area contributed by atoms with Crippen LogP contribution in [0.25, 0.3) is 0 Å². The second-order valence-corrected chi connectivity index (χ2v) is 7.16. The number of hydrogen-bond acceptors (Lipinski definition) is 2. The van der Waals surface area contributed by atoms with Crippen molar-refractivity contribution in [3.05, 3.63) is 27.3 Å². The predicted molar refractivity (Wildman–Crippen MR) is 101 cm³/mol. The summed E-state index contributed by atoms with van der Waals surface area (Å²) in [5.41, 5.74) is 1.97. The van der Waals surface area contributed by atoms with Gasteiger partial charge in [-0.15, -0.1) is 0 Å². The predicted octanol–water partition coefficient (Wildman–Crippen LogP) is 3.56. The quantitative estimate of drug-likeness (QED) is 0.627. The van der Waals surface area contributed by atoms with Crippen LogP contribution in [0.15, 0.2) is 18.2 Å². The van der Waals surface area contributed by atoms with Gasteiger partial charge in [-0.25, -0.2) is 4.79 Å². The zero-order valence-electron chi connectivity index (χ0n) is 13.5. The van der Waals surface area contributed by atoms with Crippen LogP contribution in [0.5, 0.6) is 0 Å². The number of halogens is 1. The summed E-state index contributed by atoms with van der Waals surface area (Å²) < 4.78 is 1.12. The lowest BCUT2D eigenvalue weighted by atomic mass is 9.96. The summed E-state index contributed by atoms with van der Waals surface area (Å²) in [4.78, 5) is 23.7. The molecule has 0 bridgehead atoms. The molecule has 1 saturated carbocycles. The highest BCUT2D eigenvalue weighted by molar-refractivity contribution is 14.1. The molecule has 3 N–H and O–H groups in total. The lowest BCUT2D eigenvalue weighted by Gasteiger charge is -2.22. The van der Waals surface area contributed by atoms with Gasteiger partial charge < -0.3 is 16.0 Å². The zero-order chi connectivity index (χ0) is 16.7. The van der Waals surface area contributed by atoms with E-state index in [1.54, 1.807) is 0 Å². The van der Waals surface area contributed by atoms with Crippen LogP contribution >= 0.6 is 22.6 Å². The van der Waals surface area contributed by atoms with E-state index in [1.165, 1.54) is 24.8 Å². The second kappa shape index (κ2) is 9.10. The summed E-state index contributed by atoms with van der Waals surface area (Å²) >= 11 is 2.24. The normalized spacial score (nSPS) is 15.0. The minimum Gasteiger partial charge on any atom is -0.338 e. The van der Waals surface area contributed by atoms with Gasteiger partial charge in [0.05, 0.1) is 0 Å². The molecule has 0 aliphatic heterocycles. The lowest BCUT2D eigenvalue weighted by molar-refractivity contribution is -0.116. The Morgan fingerprint density at radius 3 is 2.65 bits per heavy atom. The molecule has 0 saturated heterocycles. The van der Waals surface area contributed by atoms with Crippen molar-refractivity contribution in [1.82, 2.24) is 10.6 Å². The Morgan fingerprint density at radius 2 is 1.96 bits per heavy atom. The van der Waals surface area contributed by atoms with Crippen molar-refractivity contribution in [3.63, 3.8) is 0 Å². The first-order valence-corrected chi connectivity index (χ1v) is 9.23. The molecule has 6 heteroatoms. The number of carbonyl (C=O) groups excluding carboxylic acids is 2. The molecule has 2 rings (SSSR count). The fourth-order valence-corrected chi connectivity index (χ4v) is 3.18. The van der Waals surface area contributed by atoms with Gasteiger partial charge in [0, 0.05) is 28.3 Å². The summed E-state index contributed by atoms with van der Waals surface area (Å²) in [5, 5.41) is 8.58. The zero-order valence-corrected chi connectivity index (χ0v) is 15.6. The van der Waals surface area contributed by atoms with Crippen molar-refractivity contribution >= 4 is 40.2 Å². The minimum absolute atomic E-state index is 0.0948. The van der Waals surface area contributed by atoms with E-state index < -0.39 is 0 Å². The first-order chi connectivity index (χ1) is 11.0. The number of anilines is 1.